The van der Waals surface area contributed by atoms with Crippen LogP contribution in [0.25, 0.3) is 16.9 Å². The van der Waals surface area contributed by atoms with Crippen LogP contribution in [0.1, 0.15) is 32.0 Å². The minimum Gasteiger partial charge on any atom is -0.311 e. The predicted molar refractivity (Wildman–Crippen MR) is 76.3 cm³/mol. The highest BCUT2D eigenvalue weighted by atomic mass is 16.2. The molecule has 0 aliphatic rings. The highest BCUT2D eigenvalue weighted by molar-refractivity contribution is 5.75. The molecule has 0 aliphatic heterocycles. The maximum atomic E-state index is 12.0. The van der Waals surface area contributed by atoms with E-state index < -0.39 is 11.2 Å². The Kier molecular flexibility index (Phi) is 2.60. The molecule has 3 heterocycles. The maximum absolute atomic E-state index is 12.0. The van der Waals surface area contributed by atoms with E-state index in [9.17, 15) is 9.59 Å². The Bertz CT molecular complexity index is 924. The number of imidazole rings is 2. The molecule has 3 aromatic rings. The molecule has 0 saturated heterocycles. The van der Waals surface area contributed by atoms with Gasteiger partial charge in [0.1, 0.15) is 0 Å². The van der Waals surface area contributed by atoms with Crippen LogP contribution < -0.4 is 11.2 Å². The predicted octanol–water partition coefficient (Wildman–Crippen LogP) is 0.955. The van der Waals surface area contributed by atoms with Gasteiger partial charge in [-0.05, 0) is 20.3 Å². The lowest BCUT2D eigenvalue weighted by Crippen LogP contribution is -2.28. The van der Waals surface area contributed by atoms with Gasteiger partial charge in [0, 0.05) is 25.0 Å². The Labute approximate surface area is 114 Å². The van der Waals surface area contributed by atoms with Gasteiger partial charge in [-0.2, -0.15) is 4.98 Å². The summed E-state index contributed by atoms with van der Waals surface area (Å²) in [5.41, 5.74) is 1.00. The summed E-state index contributed by atoms with van der Waals surface area (Å²) < 4.78 is 5.21. The molecule has 0 fully saturated rings. The molecule has 3 rings (SSSR count). The van der Waals surface area contributed by atoms with Crippen molar-refractivity contribution in [2.24, 2.45) is 7.05 Å². The standard InChI is InChI=1S/C13H17N5O2/c1-5-7(2)18-8(3)6-17-9-10(14-12(17)18)16(4)13(20)15-11(9)19/h6-7H,5H2,1-4H3,(H,15,19,20)/t7-/m0/s1. The van der Waals surface area contributed by atoms with E-state index in [0.717, 1.165) is 12.1 Å². The van der Waals surface area contributed by atoms with Gasteiger partial charge in [-0.25, -0.2) is 4.79 Å². The summed E-state index contributed by atoms with van der Waals surface area (Å²) in [5, 5.41) is 0. The Morgan fingerprint density at radius 1 is 1.40 bits per heavy atom. The summed E-state index contributed by atoms with van der Waals surface area (Å²) in [4.78, 5) is 30.5. The van der Waals surface area contributed by atoms with Crippen LogP contribution in [0.15, 0.2) is 15.8 Å². The molecule has 1 N–H and O–H groups in total. The SMILES string of the molecule is CC[C@H](C)n1c(C)cn2c3c(=O)[nH]c(=O)n(C)c3nc12. The number of aromatic nitrogens is 5. The third-order valence-corrected chi connectivity index (χ3v) is 3.87. The first-order valence-electron chi connectivity index (χ1n) is 6.64. The molecule has 0 saturated carbocycles. The lowest BCUT2D eigenvalue weighted by atomic mass is 10.2. The van der Waals surface area contributed by atoms with Crippen molar-refractivity contribution >= 4 is 16.9 Å². The number of H-pyrrole nitrogens is 1. The van der Waals surface area contributed by atoms with E-state index in [1.807, 2.05) is 13.1 Å². The summed E-state index contributed by atoms with van der Waals surface area (Å²) in [6, 6.07) is 0.278. The number of fused-ring (bicyclic) bond motifs is 3. The highest BCUT2D eigenvalue weighted by Crippen LogP contribution is 2.21. The lowest BCUT2D eigenvalue weighted by molar-refractivity contribution is 0.532. The molecule has 3 aromatic heterocycles. The van der Waals surface area contributed by atoms with E-state index in [4.69, 9.17) is 0 Å². The van der Waals surface area contributed by atoms with Gasteiger partial charge in [0.2, 0.25) is 5.78 Å². The summed E-state index contributed by atoms with van der Waals surface area (Å²) in [5.74, 6) is 0.693. The Morgan fingerprint density at radius 3 is 2.75 bits per heavy atom. The van der Waals surface area contributed by atoms with Crippen molar-refractivity contribution in [1.82, 2.24) is 23.5 Å². The number of hydrogen-bond acceptors (Lipinski definition) is 3. The number of aryl methyl sites for hydroxylation is 2. The molecule has 0 aliphatic carbocycles. The van der Waals surface area contributed by atoms with Crippen LogP contribution in [-0.4, -0.2) is 23.5 Å². The fourth-order valence-electron chi connectivity index (χ4n) is 2.62. The first kappa shape index (κ1) is 12.7. The molecule has 0 bridgehead atoms. The third kappa shape index (κ3) is 1.49. The fraction of sp³-hybridized carbons (Fsp3) is 0.462. The zero-order chi connectivity index (χ0) is 14.6. The molecule has 7 heteroatoms. The number of hydrogen-bond donors (Lipinski definition) is 1. The van der Waals surface area contributed by atoms with Crippen molar-refractivity contribution in [1.29, 1.82) is 0 Å². The highest BCUT2D eigenvalue weighted by Gasteiger charge is 2.18. The van der Waals surface area contributed by atoms with Gasteiger partial charge in [-0.15, -0.1) is 0 Å². The van der Waals surface area contributed by atoms with Crippen molar-refractivity contribution in [3.63, 3.8) is 0 Å². The van der Waals surface area contributed by atoms with Crippen LogP contribution >= 0.6 is 0 Å². The van der Waals surface area contributed by atoms with Gasteiger partial charge >= 0.3 is 5.69 Å². The van der Waals surface area contributed by atoms with Gasteiger partial charge in [0.15, 0.2) is 11.2 Å². The van der Waals surface area contributed by atoms with E-state index >= 15 is 0 Å². The number of aromatic amines is 1. The first-order chi connectivity index (χ1) is 9.45. The molecule has 0 spiro atoms. The van der Waals surface area contributed by atoms with Crippen LogP contribution in [0.4, 0.5) is 0 Å². The normalized spacial score (nSPS) is 13.4. The average molecular weight is 275 g/mol. The molecular weight excluding hydrogens is 258 g/mol. The molecule has 20 heavy (non-hydrogen) atoms. The quantitative estimate of drug-likeness (QED) is 0.756. The fourth-order valence-corrected chi connectivity index (χ4v) is 2.62. The van der Waals surface area contributed by atoms with E-state index in [1.165, 1.54) is 4.57 Å². The Morgan fingerprint density at radius 2 is 2.10 bits per heavy atom. The van der Waals surface area contributed by atoms with E-state index in [-0.39, 0.29) is 6.04 Å². The summed E-state index contributed by atoms with van der Waals surface area (Å²) in [6.45, 7) is 6.20. The van der Waals surface area contributed by atoms with Crippen molar-refractivity contribution in [3.8, 4) is 0 Å². The molecule has 0 unspecified atom stereocenters. The van der Waals surface area contributed by atoms with Crippen LogP contribution in [0, 0.1) is 6.92 Å². The molecule has 0 amide bonds. The summed E-state index contributed by atoms with van der Waals surface area (Å²) >= 11 is 0. The minimum atomic E-state index is -0.449. The third-order valence-electron chi connectivity index (χ3n) is 3.87. The van der Waals surface area contributed by atoms with Crippen LogP contribution in [-0.2, 0) is 7.05 Å². The smallest absolute Gasteiger partial charge is 0.311 e. The Hall–Kier alpha value is -2.31. The van der Waals surface area contributed by atoms with Crippen molar-refractivity contribution < 1.29 is 0 Å². The lowest BCUT2D eigenvalue weighted by Gasteiger charge is -2.12. The van der Waals surface area contributed by atoms with Gasteiger partial charge in [-0.1, -0.05) is 6.92 Å². The van der Waals surface area contributed by atoms with Gasteiger partial charge in [0.25, 0.3) is 5.56 Å². The second kappa shape index (κ2) is 4.09. The summed E-state index contributed by atoms with van der Waals surface area (Å²) in [7, 11) is 1.60. The van der Waals surface area contributed by atoms with Gasteiger partial charge < -0.3 is 4.57 Å². The topological polar surface area (TPSA) is 77.1 Å². The molecule has 0 radical (unpaired) electrons. The monoisotopic (exact) mass is 275 g/mol. The van der Waals surface area contributed by atoms with E-state index in [0.29, 0.717) is 16.9 Å². The average Bonchev–Trinajstić information content (AvgIpc) is 2.90. The number of nitrogens with one attached hydrogen (secondary N) is 1. The number of nitrogens with zero attached hydrogens (tertiary/aromatic N) is 4. The minimum absolute atomic E-state index is 0.278. The van der Waals surface area contributed by atoms with E-state index in [1.54, 1.807) is 11.4 Å². The molecule has 1 atom stereocenters. The number of rotatable bonds is 2. The maximum Gasteiger partial charge on any atom is 0.329 e. The zero-order valence-electron chi connectivity index (χ0n) is 12.0. The largest absolute Gasteiger partial charge is 0.329 e. The van der Waals surface area contributed by atoms with Gasteiger partial charge in [-0.3, -0.25) is 18.7 Å². The Balaban J connectivity index is 2.54. The van der Waals surface area contributed by atoms with Crippen molar-refractivity contribution in [3.05, 3.63) is 32.7 Å². The summed E-state index contributed by atoms with van der Waals surface area (Å²) in [6.07, 6.45) is 2.85. The van der Waals surface area contributed by atoms with E-state index in [2.05, 4.69) is 28.4 Å². The van der Waals surface area contributed by atoms with Crippen LogP contribution in [0.2, 0.25) is 0 Å². The van der Waals surface area contributed by atoms with Crippen LogP contribution in [0.3, 0.4) is 0 Å². The molecule has 7 nitrogen and oxygen atoms in total. The zero-order valence-corrected chi connectivity index (χ0v) is 12.0. The molecule has 0 aromatic carbocycles. The van der Waals surface area contributed by atoms with Crippen LogP contribution in [0.5, 0.6) is 0 Å². The van der Waals surface area contributed by atoms with Gasteiger partial charge in [0.05, 0.1) is 0 Å². The molecular formula is C13H17N5O2. The van der Waals surface area contributed by atoms with Crippen molar-refractivity contribution in [2.45, 2.75) is 33.2 Å². The molecule has 106 valence electrons. The second-order valence-corrected chi connectivity index (χ2v) is 5.17. The first-order valence-corrected chi connectivity index (χ1v) is 6.64. The second-order valence-electron chi connectivity index (χ2n) is 5.17. The van der Waals surface area contributed by atoms with Crippen molar-refractivity contribution in [2.75, 3.05) is 0 Å².